The first-order valence-corrected chi connectivity index (χ1v) is 6.79. The first-order valence-electron chi connectivity index (χ1n) is 6.79. The van der Waals surface area contributed by atoms with E-state index in [2.05, 4.69) is 10.4 Å². The van der Waals surface area contributed by atoms with Crippen molar-refractivity contribution in [3.8, 4) is 0 Å². The van der Waals surface area contributed by atoms with Gasteiger partial charge >= 0.3 is 5.97 Å². The molecule has 0 atom stereocenters. The molecule has 0 spiro atoms. The van der Waals surface area contributed by atoms with Crippen LogP contribution in [0.25, 0.3) is 0 Å². The van der Waals surface area contributed by atoms with Gasteiger partial charge in [-0.2, -0.15) is 0 Å². The van der Waals surface area contributed by atoms with Crippen molar-refractivity contribution in [2.24, 2.45) is 0 Å². The Balaban J connectivity index is 2.15. The molecule has 1 heterocycles. The smallest absolute Gasteiger partial charge is 0.340 e. The Labute approximate surface area is 113 Å². The van der Waals surface area contributed by atoms with Crippen molar-refractivity contribution in [1.29, 1.82) is 0 Å². The number of nitrogens with one attached hydrogen (secondary N) is 1. The number of nitrogen functional groups attached to an aromatic ring is 1. The molecule has 3 N–H and O–H groups in total. The lowest BCUT2D eigenvalue weighted by Gasteiger charge is -2.28. The minimum atomic E-state index is -0.339. The summed E-state index contributed by atoms with van der Waals surface area (Å²) in [5.74, 6) is -0.339. The molecule has 0 amide bonds. The van der Waals surface area contributed by atoms with E-state index in [1.54, 1.807) is 19.1 Å². The molecular weight excluding hydrogens is 242 g/mol. The van der Waals surface area contributed by atoms with Crippen molar-refractivity contribution >= 4 is 17.3 Å². The molecule has 0 unspecified atom stereocenters. The number of benzene rings is 1. The van der Waals surface area contributed by atoms with Crippen molar-refractivity contribution in [3.63, 3.8) is 0 Å². The summed E-state index contributed by atoms with van der Waals surface area (Å²) in [4.78, 5) is 11.9. The molecule has 5 nitrogen and oxygen atoms in total. The van der Waals surface area contributed by atoms with Gasteiger partial charge in [-0.15, -0.1) is 0 Å². The van der Waals surface area contributed by atoms with Crippen LogP contribution in [0.5, 0.6) is 0 Å². The van der Waals surface area contributed by atoms with E-state index in [1.807, 2.05) is 6.07 Å². The molecule has 1 saturated heterocycles. The Kier molecular flexibility index (Phi) is 4.63. The summed E-state index contributed by atoms with van der Waals surface area (Å²) in [6, 6.07) is 5.27. The van der Waals surface area contributed by atoms with Crippen LogP contribution in [0.15, 0.2) is 18.2 Å². The van der Waals surface area contributed by atoms with Crippen LogP contribution in [-0.4, -0.2) is 30.7 Å². The second-order valence-corrected chi connectivity index (χ2v) is 4.69. The maximum atomic E-state index is 11.9. The molecule has 1 fully saturated rings. The van der Waals surface area contributed by atoms with Gasteiger partial charge in [0.1, 0.15) is 0 Å². The van der Waals surface area contributed by atoms with Crippen LogP contribution >= 0.6 is 0 Å². The van der Waals surface area contributed by atoms with Gasteiger partial charge in [0.25, 0.3) is 0 Å². The lowest BCUT2D eigenvalue weighted by Crippen LogP contribution is -2.35. The molecule has 1 aliphatic rings. The second kappa shape index (κ2) is 6.43. The van der Waals surface area contributed by atoms with Gasteiger partial charge in [-0.3, -0.25) is 0 Å². The highest BCUT2D eigenvalue weighted by Crippen LogP contribution is 2.22. The third-order valence-corrected chi connectivity index (χ3v) is 3.17. The molecule has 1 aromatic carbocycles. The maximum Gasteiger partial charge on any atom is 0.340 e. The lowest BCUT2D eigenvalue weighted by atomic mass is 10.1. The topological polar surface area (TPSA) is 67.6 Å². The van der Waals surface area contributed by atoms with Crippen LogP contribution in [0.3, 0.4) is 0 Å². The third-order valence-electron chi connectivity index (χ3n) is 3.17. The van der Waals surface area contributed by atoms with Gasteiger partial charge in [-0.1, -0.05) is 6.42 Å². The van der Waals surface area contributed by atoms with E-state index in [9.17, 15) is 4.79 Å². The maximum absolute atomic E-state index is 11.9. The minimum Gasteiger partial charge on any atom is -0.462 e. The Bertz CT molecular complexity index is 442. The van der Waals surface area contributed by atoms with Gasteiger partial charge < -0.3 is 15.9 Å². The number of carbonyl (C=O) groups is 1. The number of nitrogens with zero attached hydrogens (tertiary/aromatic N) is 1. The summed E-state index contributed by atoms with van der Waals surface area (Å²) in [6.07, 6.45) is 3.62. The van der Waals surface area contributed by atoms with Crippen LogP contribution in [0.2, 0.25) is 0 Å². The Morgan fingerprint density at radius 3 is 2.79 bits per heavy atom. The van der Waals surface area contributed by atoms with Gasteiger partial charge in [0, 0.05) is 18.8 Å². The highest BCUT2D eigenvalue weighted by molar-refractivity contribution is 5.96. The zero-order chi connectivity index (χ0) is 13.7. The van der Waals surface area contributed by atoms with E-state index in [0.29, 0.717) is 17.9 Å². The average Bonchev–Trinajstić information content (AvgIpc) is 2.42. The van der Waals surface area contributed by atoms with E-state index in [0.717, 1.165) is 18.8 Å². The molecule has 0 aromatic heterocycles. The summed E-state index contributed by atoms with van der Waals surface area (Å²) in [5, 5.41) is 2.14. The average molecular weight is 263 g/mol. The van der Waals surface area contributed by atoms with E-state index >= 15 is 0 Å². The van der Waals surface area contributed by atoms with E-state index < -0.39 is 0 Å². The largest absolute Gasteiger partial charge is 0.462 e. The third kappa shape index (κ3) is 3.61. The van der Waals surface area contributed by atoms with E-state index in [-0.39, 0.29) is 5.97 Å². The minimum absolute atomic E-state index is 0.339. The summed E-state index contributed by atoms with van der Waals surface area (Å²) in [5.41, 5.74) is 10.9. The lowest BCUT2D eigenvalue weighted by molar-refractivity contribution is 0.0527. The number of carbonyl (C=O) groups excluding carboxylic acids is 1. The first kappa shape index (κ1) is 13.7. The van der Waals surface area contributed by atoms with E-state index in [4.69, 9.17) is 10.5 Å². The van der Waals surface area contributed by atoms with Crippen molar-refractivity contribution in [2.45, 2.75) is 26.2 Å². The van der Waals surface area contributed by atoms with Crippen LogP contribution in [0.1, 0.15) is 36.5 Å². The molecule has 1 aromatic rings. The van der Waals surface area contributed by atoms with Crippen LogP contribution < -0.4 is 11.2 Å². The SMILES string of the molecule is CCOC(=O)c1cc(N)ccc1NN1CCCCC1. The Morgan fingerprint density at radius 2 is 2.11 bits per heavy atom. The zero-order valence-electron chi connectivity index (χ0n) is 11.3. The van der Waals surface area contributed by atoms with Gasteiger partial charge in [-0.25, -0.2) is 9.80 Å². The normalized spacial score (nSPS) is 16.1. The van der Waals surface area contributed by atoms with Gasteiger partial charge in [0.2, 0.25) is 0 Å². The van der Waals surface area contributed by atoms with Gasteiger partial charge in [0.05, 0.1) is 17.9 Å². The van der Waals surface area contributed by atoms with Crippen molar-refractivity contribution in [3.05, 3.63) is 23.8 Å². The number of anilines is 2. The highest BCUT2D eigenvalue weighted by Gasteiger charge is 2.16. The first-order chi connectivity index (χ1) is 9.20. The Morgan fingerprint density at radius 1 is 1.37 bits per heavy atom. The predicted octanol–water partition coefficient (Wildman–Crippen LogP) is 2.26. The van der Waals surface area contributed by atoms with Crippen LogP contribution in [0, 0.1) is 0 Å². The zero-order valence-corrected chi connectivity index (χ0v) is 11.3. The molecule has 1 aliphatic heterocycles. The number of piperidine rings is 1. The number of hydrogen-bond acceptors (Lipinski definition) is 5. The fourth-order valence-electron chi connectivity index (χ4n) is 2.21. The quantitative estimate of drug-likeness (QED) is 0.644. The second-order valence-electron chi connectivity index (χ2n) is 4.69. The number of hydrazine groups is 1. The number of ether oxygens (including phenoxy) is 1. The number of esters is 1. The number of nitrogens with two attached hydrogens (primary N) is 1. The molecule has 0 radical (unpaired) electrons. The van der Waals surface area contributed by atoms with Crippen LogP contribution in [0.4, 0.5) is 11.4 Å². The summed E-state index contributed by atoms with van der Waals surface area (Å²) < 4.78 is 5.06. The van der Waals surface area contributed by atoms with E-state index in [1.165, 1.54) is 19.3 Å². The molecule has 0 saturated carbocycles. The van der Waals surface area contributed by atoms with Gasteiger partial charge in [-0.05, 0) is 38.0 Å². The van der Waals surface area contributed by atoms with Crippen molar-refractivity contribution < 1.29 is 9.53 Å². The monoisotopic (exact) mass is 263 g/mol. The highest BCUT2D eigenvalue weighted by atomic mass is 16.5. The molecule has 2 rings (SSSR count). The molecule has 0 bridgehead atoms. The molecular formula is C14H21N3O2. The van der Waals surface area contributed by atoms with Gasteiger partial charge in [0.15, 0.2) is 0 Å². The van der Waals surface area contributed by atoms with Crippen molar-refractivity contribution in [1.82, 2.24) is 5.01 Å². The fourth-order valence-corrected chi connectivity index (χ4v) is 2.21. The number of rotatable bonds is 4. The standard InChI is InChI=1S/C14H21N3O2/c1-2-19-14(18)12-10-11(15)6-7-13(12)16-17-8-4-3-5-9-17/h6-7,10,16H,2-5,8-9,15H2,1H3. The van der Waals surface area contributed by atoms with Crippen molar-refractivity contribution in [2.75, 3.05) is 30.9 Å². The molecule has 0 aliphatic carbocycles. The predicted molar refractivity (Wildman–Crippen MR) is 75.9 cm³/mol. The molecule has 19 heavy (non-hydrogen) atoms. The van der Waals surface area contributed by atoms with Crippen LogP contribution in [-0.2, 0) is 4.74 Å². The Hall–Kier alpha value is -1.75. The summed E-state index contributed by atoms with van der Waals surface area (Å²) >= 11 is 0. The summed E-state index contributed by atoms with van der Waals surface area (Å²) in [6.45, 7) is 4.14. The summed E-state index contributed by atoms with van der Waals surface area (Å²) in [7, 11) is 0. The number of hydrogen-bond donors (Lipinski definition) is 2. The fraction of sp³-hybridized carbons (Fsp3) is 0.500. The molecule has 5 heteroatoms. The molecule has 104 valence electrons.